The maximum absolute atomic E-state index is 12.7. The Morgan fingerprint density at radius 2 is 2.21 bits per heavy atom. The summed E-state index contributed by atoms with van der Waals surface area (Å²) in [6.45, 7) is 6.92. The Morgan fingerprint density at radius 3 is 2.79 bits per heavy atom. The lowest BCUT2D eigenvalue weighted by Gasteiger charge is -2.41. The van der Waals surface area contributed by atoms with E-state index in [1.165, 1.54) is 12.8 Å². The molecular weight excluding hydrogens is 274 g/mol. The third-order valence-corrected chi connectivity index (χ3v) is 7.90. The summed E-state index contributed by atoms with van der Waals surface area (Å²) in [5.74, 6) is 0.645. The van der Waals surface area contributed by atoms with Crippen LogP contribution in [0, 0.1) is 11.3 Å². The Morgan fingerprint density at radius 1 is 1.47 bits per heavy atom. The van der Waals surface area contributed by atoms with E-state index in [0.717, 1.165) is 17.1 Å². The van der Waals surface area contributed by atoms with Gasteiger partial charge in [0.15, 0.2) is 0 Å². The molecule has 1 aliphatic rings. The van der Waals surface area contributed by atoms with Crippen LogP contribution < -0.4 is 5.73 Å². The zero-order chi connectivity index (χ0) is 14.0. The zero-order valence-electron chi connectivity index (χ0n) is 12.1. The molecule has 0 radical (unpaired) electrons. The van der Waals surface area contributed by atoms with Crippen LogP contribution in [0.15, 0.2) is 21.7 Å². The lowest BCUT2D eigenvalue weighted by atomic mass is 9.69. The largest absolute Gasteiger partial charge is 0.327 e. The minimum Gasteiger partial charge on any atom is -0.327 e. The van der Waals surface area contributed by atoms with E-state index in [1.807, 2.05) is 17.5 Å². The van der Waals surface area contributed by atoms with E-state index in [0.29, 0.717) is 11.3 Å². The van der Waals surface area contributed by atoms with Crippen molar-refractivity contribution in [3.05, 3.63) is 17.5 Å². The highest BCUT2D eigenvalue weighted by Crippen LogP contribution is 2.42. The van der Waals surface area contributed by atoms with Crippen LogP contribution >= 0.6 is 11.3 Å². The summed E-state index contributed by atoms with van der Waals surface area (Å²) in [5.41, 5.74) is 6.58. The fourth-order valence-electron chi connectivity index (χ4n) is 2.92. The zero-order valence-corrected chi connectivity index (χ0v) is 13.7. The lowest BCUT2D eigenvalue weighted by molar-refractivity contribution is 0.147. The van der Waals surface area contributed by atoms with Crippen molar-refractivity contribution in [2.24, 2.45) is 17.1 Å². The SMILES string of the molecule is CCC(C)(C)C1CCC(N)C(S(=O)c2cccs2)C1. The minimum atomic E-state index is -0.933. The molecule has 0 spiro atoms. The molecule has 2 nitrogen and oxygen atoms in total. The summed E-state index contributed by atoms with van der Waals surface area (Å²) in [7, 11) is -0.933. The van der Waals surface area contributed by atoms with Gasteiger partial charge in [-0.25, -0.2) is 0 Å². The van der Waals surface area contributed by atoms with Gasteiger partial charge in [-0.05, 0) is 42.0 Å². The van der Waals surface area contributed by atoms with Gasteiger partial charge in [-0.1, -0.05) is 33.3 Å². The second kappa shape index (κ2) is 6.06. The first kappa shape index (κ1) is 15.2. The van der Waals surface area contributed by atoms with Crippen LogP contribution in [0.4, 0.5) is 0 Å². The molecule has 19 heavy (non-hydrogen) atoms. The highest BCUT2D eigenvalue weighted by molar-refractivity contribution is 7.88. The molecule has 0 aliphatic heterocycles. The van der Waals surface area contributed by atoms with Crippen LogP contribution in [-0.4, -0.2) is 15.5 Å². The Hall–Kier alpha value is -0.190. The molecule has 1 aromatic rings. The molecule has 1 aliphatic carbocycles. The van der Waals surface area contributed by atoms with Crippen LogP contribution in [0.2, 0.25) is 0 Å². The van der Waals surface area contributed by atoms with E-state index in [1.54, 1.807) is 11.3 Å². The normalized spacial score (nSPS) is 30.2. The fraction of sp³-hybridized carbons (Fsp3) is 0.733. The Balaban J connectivity index is 2.13. The van der Waals surface area contributed by atoms with Gasteiger partial charge in [0.25, 0.3) is 0 Å². The number of hydrogen-bond acceptors (Lipinski definition) is 3. The van der Waals surface area contributed by atoms with E-state index in [4.69, 9.17) is 5.73 Å². The number of hydrogen-bond donors (Lipinski definition) is 1. The summed E-state index contributed by atoms with van der Waals surface area (Å²) in [4.78, 5) is 0. The Labute approximate surface area is 123 Å². The first-order chi connectivity index (χ1) is 8.95. The summed E-state index contributed by atoms with van der Waals surface area (Å²) < 4.78 is 13.7. The van der Waals surface area contributed by atoms with Crippen molar-refractivity contribution in [2.75, 3.05) is 0 Å². The van der Waals surface area contributed by atoms with Crippen molar-refractivity contribution in [1.29, 1.82) is 0 Å². The summed E-state index contributed by atoms with van der Waals surface area (Å²) in [6.07, 6.45) is 4.37. The average Bonchev–Trinajstić information content (AvgIpc) is 2.92. The van der Waals surface area contributed by atoms with Crippen LogP contribution in [0.1, 0.15) is 46.5 Å². The second-order valence-electron chi connectivity index (χ2n) is 6.28. The van der Waals surface area contributed by atoms with Gasteiger partial charge in [0.1, 0.15) is 0 Å². The van der Waals surface area contributed by atoms with Crippen molar-refractivity contribution < 1.29 is 4.21 Å². The summed E-state index contributed by atoms with van der Waals surface area (Å²) in [6, 6.07) is 4.04. The van der Waals surface area contributed by atoms with E-state index in [2.05, 4.69) is 20.8 Å². The van der Waals surface area contributed by atoms with Gasteiger partial charge in [-0.15, -0.1) is 11.3 Å². The van der Waals surface area contributed by atoms with E-state index < -0.39 is 10.8 Å². The molecule has 2 rings (SSSR count). The smallest absolute Gasteiger partial charge is 0.0914 e. The molecule has 4 heteroatoms. The average molecular weight is 300 g/mol. The first-order valence-corrected chi connectivity index (χ1v) is 9.24. The van der Waals surface area contributed by atoms with Crippen molar-refractivity contribution in [3.8, 4) is 0 Å². The molecule has 0 bridgehead atoms. The topological polar surface area (TPSA) is 43.1 Å². The highest BCUT2D eigenvalue weighted by atomic mass is 32.2. The van der Waals surface area contributed by atoms with E-state index in [-0.39, 0.29) is 11.3 Å². The predicted octanol–water partition coefficient (Wildman–Crippen LogP) is 3.79. The molecule has 0 saturated heterocycles. The van der Waals surface area contributed by atoms with Gasteiger partial charge in [-0.2, -0.15) is 0 Å². The standard InChI is InChI=1S/C15H25NOS2/c1-4-15(2,3)11-7-8-12(16)13(10-11)19(17)14-6-5-9-18-14/h5-6,9,11-13H,4,7-8,10,16H2,1-3H3. The number of nitrogens with two attached hydrogens (primary N) is 1. The molecule has 0 aromatic carbocycles. The molecule has 4 atom stereocenters. The van der Waals surface area contributed by atoms with Crippen molar-refractivity contribution in [1.82, 2.24) is 0 Å². The molecule has 1 fully saturated rings. The minimum absolute atomic E-state index is 0.0897. The highest BCUT2D eigenvalue weighted by Gasteiger charge is 2.38. The third-order valence-electron chi connectivity index (χ3n) is 4.83. The summed E-state index contributed by atoms with van der Waals surface area (Å²) >= 11 is 1.59. The van der Waals surface area contributed by atoms with Crippen LogP contribution in [0.3, 0.4) is 0 Å². The van der Waals surface area contributed by atoms with Crippen molar-refractivity contribution in [2.45, 2.75) is 62.0 Å². The molecule has 1 aromatic heterocycles. The van der Waals surface area contributed by atoms with Gasteiger partial charge >= 0.3 is 0 Å². The van der Waals surface area contributed by atoms with Crippen LogP contribution in [0.5, 0.6) is 0 Å². The van der Waals surface area contributed by atoms with Gasteiger partial charge in [-0.3, -0.25) is 4.21 Å². The molecule has 4 unspecified atom stereocenters. The Kier molecular flexibility index (Phi) is 4.85. The fourth-order valence-corrected chi connectivity index (χ4v) is 5.66. The summed E-state index contributed by atoms with van der Waals surface area (Å²) in [5, 5.41) is 2.12. The van der Waals surface area contributed by atoms with Crippen molar-refractivity contribution >= 4 is 22.1 Å². The van der Waals surface area contributed by atoms with Crippen molar-refractivity contribution in [3.63, 3.8) is 0 Å². The predicted molar refractivity (Wildman–Crippen MR) is 83.9 cm³/mol. The molecule has 108 valence electrons. The quantitative estimate of drug-likeness (QED) is 0.919. The van der Waals surface area contributed by atoms with E-state index in [9.17, 15) is 4.21 Å². The maximum atomic E-state index is 12.7. The van der Waals surface area contributed by atoms with Crippen LogP contribution in [-0.2, 0) is 10.8 Å². The molecule has 1 heterocycles. The monoisotopic (exact) mass is 299 g/mol. The third kappa shape index (κ3) is 3.29. The van der Waals surface area contributed by atoms with Crippen LogP contribution in [0.25, 0.3) is 0 Å². The first-order valence-electron chi connectivity index (χ1n) is 7.15. The van der Waals surface area contributed by atoms with Gasteiger partial charge < -0.3 is 5.73 Å². The van der Waals surface area contributed by atoms with Gasteiger partial charge in [0.2, 0.25) is 0 Å². The molecule has 1 saturated carbocycles. The maximum Gasteiger partial charge on any atom is 0.0914 e. The van der Waals surface area contributed by atoms with E-state index >= 15 is 0 Å². The van der Waals surface area contributed by atoms with Gasteiger partial charge in [0.05, 0.1) is 20.3 Å². The molecular formula is C15H25NOS2. The lowest BCUT2D eigenvalue weighted by Crippen LogP contribution is -2.45. The van der Waals surface area contributed by atoms with Gasteiger partial charge in [0, 0.05) is 6.04 Å². The second-order valence-corrected chi connectivity index (χ2v) is 9.13. The molecule has 2 N–H and O–H groups in total. The Bertz CT molecular complexity index is 427. The molecule has 0 amide bonds. The number of thiophene rings is 1. The number of rotatable bonds is 4.